The van der Waals surface area contributed by atoms with Crippen LogP contribution in [0.4, 0.5) is 11.6 Å². The Hall–Kier alpha value is -3.96. The Morgan fingerprint density at radius 2 is 1.81 bits per heavy atom. The van der Waals surface area contributed by atoms with E-state index in [0.717, 1.165) is 31.7 Å². The van der Waals surface area contributed by atoms with Crippen molar-refractivity contribution in [1.29, 1.82) is 5.26 Å². The van der Waals surface area contributed by atoms with E-state index >= 15 is 0 Å². The summed E-state index contributed by atoms with van der Waals surface area (Å²) in [7, 11) is 2.14. The van der Waals surface area contributed by atoms with Gasteiger partial charge in [0.2, 0.25) is 5.95 Å². The van der Waals surface area contributed by atoms with Crippen molar-refractivity contribution in [1.82, 2.24) is 14.9 Å². The first-order chi connectivity index (χ1) is 15.1. The lowest BCUT2D eigenvalue weighted by atomic mass is 10.1. The molecule has 2 aromatic carbocycles. The van der Waals surface area contributed by atoms with E-state index < -0.39 is 5.56 Å². The fourth-order valence-electron chi connectivity index (χ4n) is 3.44. The van der Waals surface area contributed by atoms with Gasteiger partial charge in [0.05, 0.1) is 11.9 Å². The highest BCUT2D eigenvalue weighted by Crippen LogP contribution is 2.19. The number of H-pyrrole nitrogens is 1. The van der Waals surface area contributed by atoms with Crippen molar-refractivity contribution in [3.05, 3.63) is 76.1 Å². The van der Waals surface area contributed by atoms with Crippen LogP contribution in [-0.2, 0) is 0 Å². The second-order valence-electron chi connectivity index (χ2n) is 7.37. The Kier molecular flexibility index (Phi) is 6.05. The van der Waals surface area contributed by atoms with Crippen molar-refractivity contribution in [3.8, 4) is 17.3 Å². The molecule has 0 saturated carbocycles. The summed E-state index contributed by atoms with van der Waals surface area (Å²) < 4.78 is 0. The maximum atomic E-state index is 12.3. The van der Waals surface area contributed by atoms with Crippen LogP contribution in [0.15, 0.2) is 64.5 Å². The summed E-state index contributed by atoms with van der Waals surface area (Å²) in [6.45, 7) is 4.17. The highest BCUT2D eigenvalue weighted by atomic mass is 16.1. The molecule has 31 heavy (non-hydrogen) atoms. The molecule has 0 amide bonds. The Morgan fingerprint density at radius 1 is 1.10 bits per heavy atom. The molecule has 1 aliphatic heterocycles. The smallest absolute Gasteiger partial charge is 0.270 e. The van der Waals surface area contributed by atoms with E-state index in [4.69, 9.17) is 0 Å². The van der Waals surface area contributed by atoms with Gasteiger partial charge in [0, 0.05) is 37.4 Å². The first-order valence-corrected chi connectivity index (χ1v) is 10.1. The SMILES string of the molecule is CN1CCN(c2ccc(C=NNc3nc(-c4ccccc4)c(C#N)c(=O)[nH]3)cc2)CC1. The van der Waals surface area contributed by atoms with Crippen molar-refractivity contribution >= 4 is 17.9 Å². The monoisotopic (exact) mass is 413 g/mol. The lowest BCUT2D eigenvalue weighted by Gasteiger charge is -2.34. The molecule has 0 radical (unpaired) electrons. The van der Waals surface area contributed by atoms with Gasteiger partial charge < -0.3 is 9.80 Å². The first kappa shape index (κ1) is 20.3. The minimum atomic E-state index is -0.509. The van der Waals surface area contributed by atoms with Crippen molar-refractivity contribution in [2.75, 3.05) is 43.6 Å². The van der Waals surface area contributed by atoms with Gasteiger partial charge in [0.25, 0.3) is 5.56 Å². The van der Waals surface area contributed by atoms with Gasteiger partial charge >= 0.3 is 0 Å². The number of piperazine rings is 1. The number of hydrazone groups is 1. The number of anilines is 2. The summed E-state index contributed by atoms with van der Waals surface area (Å²) in [6, 6.07) is 19.2. The first-order valence-electron chi connectivity index (χ1n) is 10.1. The van der Waals surface area contributed by atoms with Crippen molar-refractivity contribution in [3.63, 3.8) is 0 Å². The number of benzene rings is 2. The van der Waals surface area contributed by atoms with Crippen LogP contribution in [0.3, 0.4) is 0 Å². The number of aromatic nitrogens is 2. The average Bonchev–Trinajstić information content (AvgIpc) is 2.80. The summed E-state index contributed by atoms with van der Waals surface area (Å²) in [4.78, 5) is 23.9. The van der Waals surface area contributed by atoms with Crippen LogP contribution < -0.4 is 15.9 Å². The number of hydrogen-bond acceptors (Lipinski definition) is 7. The zero-order chi connectivity index (χ0) is 21.6. The van der Waals surface area contributed by atoms with E-state index in [2.05, 4.69) is 49.5 Å². The summed E-state index contributed by atoms with van der Waals surface area (Å²) in [5, 5.41) is 13.5. The number of nitriles is 1. The van der Waals surface area contributed by atoms with Crippen LogP contribution in [0.25, 0.3) is 11.3 Å². The minimum Gasteiger partial charge on any atom is -0.369 e. The number of likely N-dealkylation sites (N-methyl/N-ethyl adjacent to an activating group) is 1. The molecule has 0 atom stereocenters. The molecule has 2 N–H and O–H groups in total. The zero-order valence-electron chi connectivity index (χ0n) is 17.2. The summed E-state index contributed by atoms with van der Waals surface area (Å²) in [6.07, 6.45) is 1.66. The van der Waals surface area contributed by atoms with Crippen molar-refractivity contribution in [2.24, 2.45) is 5.10 Å². The third-order valence-corrected chi connectivity index (χ3v) is 5.22. The molecule has 4 rings (SSSR count). The molecule has 1 aliphatic rings. The highest BCUT2D eigenvalue weighted by molar-refractivity contribution is 5.81. The maximum Gasteiger partial charge on any atom is 0.270 e. The number of aromatic amines is 1. The highest BCUT2D eigenvalue weighted by Gasteiger charge is 2.14. The molecule has 3 aromatic rings. The van der Waals surface area contributed by atoms with Gasteiger partial charge in [-0.1, -0.05) is 42.5 Å². The second kappa shape index (κ2) is 9.24. The average molecular weight is 413 g/mol. The fraction of sp³-hybridized carbons (Fsp3) is 0.217. The Labute approximate surface area is 180 Å². The molecule has 156 valence electrons. The lowest BCUT2D eigenvalue weighted by molar-refractivity contribution is 0.313. The van der Waals surface area contributed by atoms with Gasteiger partial charge in [0.15, 0.2) is 0 Å². The van der Waals surface area contributed by atoms with Gasteiger partial charge in [-0.15, -0.1) is 0 Å². The number of nitrogens with zero attached hydrogens (tertiary/aromatic N) is 5. The topological polar surface area (TPSA) is 100 Å². The maximum absolute atomic E-state index is 12.3. The molecule has 0 unspecified atom stereocenters. The van der Waals surface area contributed by atoms with E-state index in [0.29, 0.717) is 11.3 Å². The number of rotatable bonds is 5. The van der Waals surface area contributed by atoms with Crippen LogP contribution >= 0.6 is 0 Å². The van der Waals surface area contributed by atoms with Crippen molar-refractivity contribution in [2.45, 2.75) is 0 Å². The summed E-state index contributed by atoms with van der Waals surface area (Å²) >= 11 is 0. The zero-order valence-corrected chi connectivity index (χ0v) is 17.2. The molecule has 1 aromatic heterocycles. The van der Waals surface area contributed by atoms with Gasteiger partial charge in [0.1, 0.15) is 11.6 Å². The van der Waals surface area contributed by atoms with E-state index in [1.54, 1.807) is 18.3 Å². The summed E-state index contributed by atoms with van der Waals surface area (Å²) in [5.41, 5.74) is 5.35. The molecule has 2 heterocycles. The standard InChI is InChI=1S/C23H23N7O/c1-29-11-13-30(14-12-29)19-9-7-17(8-10-19)16-25-28-23-26-21(18-5-3-2-4-6-18)20(15-24)22(31)27-23/h2-10,16H,11-14H2,1H3,(H2,26,27,28,31). The molecule has 0 aliphatic carbocycles. The largest absolute Gasteiger partial charge is 0.369 e. The Morgan fingerprint density at radius 3 is 2.48 bits per heavy atom. The fourth-order valence-corrected chi connectivity index (χ4v) is 3.44. The molecule has 1 fully saturated rings. The quantitative estimate of drug-likeness (QED) is 0.492. The molecule has 8 heteroatoms. The third-order valence-electron chi connectivity index (χ3n) is 5.22. The van der Waals surface area contributed by atoms with Gasteiger partial charge in [-0.05, 0) is 24.7 Å². The van der Waals surface area contributed by atoms with Gasteiger partial charge in [-0.25, -0.2) is 10.4 Å². The summed E-state index contributed by atoms with van der Waals surface area (Å²) in [5.74, 6) is 0.174. The van der Waals surface area contributed by atoms with Crippen LogP contribution in [0.5, 0.6) is 0 Å². The van der Waals surface area contributed by atoms with Crippen molar-refractivity contribution < 1.29 is 0 Å². The Balaban J connectivity index is 1.47. The predicted octanol–water partition coefficient (Wildman–Crippen LogP) is 2.51. The molecular formula is C23H23N7O. The molecule has 8 nitrogen and oxygen atoms in total. The van der Waals surface area contributed by atoms with Crippen LogP contribution in [0.2, 0.25) is 0 Å². The Bertz CT molecular complexity index is 1160. The third kappa shape index (κ3) is 4.79. The normalized spacial score (nSPS) is 14.5. The molecule has 0 bridgehead atoms. The van der Waals surface area contributed by atoms with E-state index in [-0.39, 0.29) is 11.5 Å². The molecule has 1 saturated heterocycles. The predicted molar refractivity (Wildman–Crippen MR) is 122 cm³/mol. The van der Waals surface area contributed by atoms with Gasteiger partial charge in [-0.3, -0.25) is 9.78 Å². The number of hydrogen-bond donors (Lipinski definition) is 2. The van der Waals surface area contributed by atoms with Crippen LogP contribution in [-0.4, -0.2) is 54.3 Å². The lowest BCUT2D eigenvalue weighted by Crippen LogP contribution is -2.44. The van der Waals surface area contributed by atoms with E-state index in [9.17, 15) is 10.1 Å². The van der Waals surface area contributed by atoms with Crippen LogP contribution in [0.1, 0.15) is 11.1 Å². The van der Waals surface area contributed by atoms with E-state index in [1.165, 1.54) is 5.69 Å². The molecular weight excluding hydrogens is 390 g/mol. The van der Waals surface area contributed by atoms with Crippen LogP contribution in [0, 0.1) is 11.3 Å². The van der Waals surface area contributed by atoms with Gasteiger partial charge in [-0.2, -0.15) is 10.4 Å². The molecule has 0 spiro atoms. The number of nitrogens with one attached hydrogen (secondary N) is 2. The van der Waals surface area contributed by atoms with E-state index in [1.807, 2.05) is 36.4 Å². The second-order valence-corrected chi connectivity index (χ2v) is 7.37. The minimum absolute atomic E-state index is 0.0276.